The number of nitro benzene ring substituents is 2. The molecule has 2 aromatic carbocycles. The summed E-state index contributed by atoms with van der Waals surface area (Å²) < 4.78 is 85.7. The molecule has 0 aliphatic rings. The number of alkyl halides is 6. The fourth-order valence-corrected chi connectivity index (χ4v) is 2.29. The standard InChI is InChI=1S/C15H8F6N2O6/c16-13(17,7-1-3-11(24)9(5-7)22(26)27)15(20,21)14(18,19)8-2-4-12(25)10(6-8)23(28)29/h1-6,24-25H. The number of phenolic OH excluding ortho intramolecular Hbond substituents is 2. The third-order valence-electron chi connectivity index (χ3n) is 3.86. The molecule has 8 nitrogen and oxygen atoms in total. The van der Waals surface area contributed by atoms with Crippen molar-refractivity contribution < 1.29 is 46.4 Å². The number of hydrogen-bond acceptors (Lipinski definition) is 6. The summed E-state index contributed by atoms with van der Waals surface area (Å²) in [6.07, 6.45) is 0. The van der Waals surface area contributed by atoms with E-state index in [1.807, 2.05) is 0 Å². The minimum Gasteiger partial charge on any atom is -0.502 e. The molecule has 0 heterocycles. The molecule has 0 aliphatic heterocycles. The van der Waals surface area contributed by atoms with Crippen molar-refractivity contribution in [3.63, 3.8) is 0 Å². The van der Waals surface area contributed by atoms with Crippen LogP contribution in [0.3, 0.4) is 0 Å². The van der Waals surface area contributed by atoms with Crippen LogP contribution in [0.2, 0.25) is 0 Å². The minimum absolute atomic E-state index is 0.0889. The first-order chi connectivity index (χ1) is 13.1. The van der Waals surface area contributed by atoms with Crippen LogP contribution in [0, 0.1) is 20.2 Å². The lowest BCUT2D eigenvalue weighted by molar-refractivity contribution is -0.386. The molecule has 0 aliphatic carbocycles. The van der Waals surface area contributed by atoms with E-state index in [0.717, 1.165) is 0 Å². The van der Waals surface area contributed by atoms with Crippen molar-refractivity contribution in [1.29, 1.82) is 0 Å². The molecule has 0 unspecified atom stereocenters. The highest BCUT2D eigenvalue weighted by Crippen LogP contribution is 2.56. The molecule has 0 atom stereocenters. The van der Waals surface area contributed by atoms with Crippen LogP contribution < -0.4 is 0 Å². The van der Waals surface area contributed by atoms with Crippen LogP contribution in [0.25, 0.3) is 0 Å². The highest BCUT2D eigenvalue weighted by Gasteiger charge is 2.73. The molecule has 2 N–H and O–H groups in total. The molecule has 0 saturated carbocycles. The maximum absolute atomic E-state index is 14.3. The van der Waals surface area contributed by atoms with Crippen molar-refractivity contribution in [2.75, 3.05) is 0 Å². The molecule has 0 fully saturated rings. The summed E-state index contributed by atoms with van der Waals surface area (Å²) in [4.78, 5) is 18.6. The van der Waals surface area contributed by atoms with Crippen molar-refractivity contribution >= 4 is 11.4 Å². The van der Waals surface area contributed by atoms with Gasteiger partial charge in [0.2, 0.25) is 0 Å². The lowest BCUT2D eigenvalue weighted by atomic mass is 9.92. The lowest BCUT2D eigenvalue weighted by Gasteiger charge is -2.33. The van der Waals surface area contributed by atoms with E-state index >= 15 is 0 Å². The lowest BCUT2D eigenvalue weighted by Crippen LogP contribution is -2.50. The Labute approximate surface area is 155 Å². The van der Waals surface area contributed by atoms with Crippen LogP contribution in [0.1, 0.15) is 11.1 Å². The number of halogens is 6. The average Bonchev–Trinajstić information content (AvgIpc) is 2.61. The van der Waals surface area contributed by atoms with E-state index < -0.39 is 61.6 Å². The molecule has 0 radical (unpaired) electrons. The number of nitro groups is 2. The third kappa shape index (κ3) is 3.36. The van der Waals surface area contributed by atoms with Crippen molar-refractivity contribution in [3.05, 3.63) is 67.8 Å². The first-order valence-corrected chi connectivity index (χ1v) is 7.23. The molecule has 156 valence electrons. The van der Waals surface area contributed by atoms with Crippen molar-refractivity contribution in [2.45, 2.75) is 17.8 Å². The Bertz CT molecular complexity index is 920. The molecule has 2 rings (SSSR count). The van der Waals surface area contributed by atoms with E-state index in [-0.39, 0.29) is 36.4 Å². The highest BCUT2D eigenvalue weighted by molar-refractivity contribution is 5.51. The third-order valence-corrected chi connectivity index (χ3v) is 3.86. The predicted molar refractivity (Wildman–Crippen MR) is 82.3 cm³/mol. The molecule has 14 heteroatoms. The highest BCUT2D eigenvalue weighted by atomic mass is 19.3. The average molecular weight is 426 g/mol. The first-order valence-electron chi connectivity index (χ1n) is 7.23. The van der Waals surface area contributed by atoms with Gasteiger partial charge in [-0.05, 0) is 24.3 Å². The zero-order valence-corrected chi connectivity index (χ0v) is 13.7. The normalized spacial score (nSPS) is 12.6. The SMILES string of the molecule is O=[N+]([O-])c1cc(C(F)(F)C(F)(F)C(F)(F)c2ccc(O)c([N+](=O)[O-])c2)ccc1O. The molecule has 2 aromatic rings. The van der Waals surface area contributed by atoms with Gasteiger partial charge in [0.05, 0.1) is 9.85 Å². The predicted octanol–water partition coefficient (Wildman–Crippen LogP) is 4.43. The van der Waals surface area contributed by atoms with Gasteiger partial charge >= 0.3 is 29.1 Å². The smallest absolute Gasteiger partial charge is 0.380 e. The van der Waals surface area contributed by atoms with Crippen molar-refractivity contribution in [2.24, 2.45) is 0 Å². The summed E-state index contributed by atoms with van der Waals surface area (Å²) in [7, 11) is 0. The summed E-state index contributed by atoms with van der Waals surface area (Å²) in [5.74, 6) is -20.0. The second kappa shape index (κ2) is 6.79. The van der Waals surface area contributed by atoms with Crippen LogP contribution in [-0.2, 0) is 11.8 Å². The maximum Gasteiger partial charge on any atom is 0.380 e. The van der Waals surface area contributed by atoms with Gasteiger partial charge in [-0.1, -0.05) is 0 Å². The quantitative estimate of drug-likeness (QED) is 0.400. The van der Waals surface area contributed by atoms with Crippen molar-refractivity contribution in [3.8, 4) is 11.5 Å². The van der Waals surface area contributed by atoms with Crippen LogP contribution in [0.15, 0.2) is 36.4 Å². The molecular weight excluding hydrogens is 418 g/mol. The fourth-order valence-electron chi connectivity index (χ4n) is 2.29. The summed E-state index contributed by atoms with van der Waals surface area (Å²) >= 11 is 0. The van der Waals surface area contributed by atoms with Gasteiger partial charge in [0.1, 0.15) is 0 Å². The molecule has 0 spiro atoms. The summed E-state index contributed by atoms with van der Waals surface area (Å²) in [5, 5.41) is 39.8. The molecule has 0 saturated heterocycles. The number of rotatable bonds is 6. The largest absolute Gasteiger partial charge is 0.502 e. The van der Waals surface area contributed by atoms with Gasteiger partial charge in [-0.3, -0.25) is 20.2 Å². The number of hydrogen-bond donors (Lipinski definition) is 2. The molecule has 0 aromatic heterocycles. The van der Waals surface area contributed by atoms with Crippen LogP contribution in [0.4, 0.5) is 37.7 Å². The van der Waals surface area contributed by atoms with Gasteiger partial charge in [0, 0.05) is 23.3 Å². The zero-order valence-electron chi connectivity index (χ0n) is 13.7. The maximum atomic E-state index is 14.3. The minimum atomic E-state index is -6.23. The number of phenols is 2. The van der Waals surface area contributed by atoms with E-state index in [4.69, 9.17) is 0 Å². The summed E-state index contributed by atoms with van der Waals surface area (Å²) in [5.41, 5.74) is -6.66. The second-order valence-corrected chi connectivity index (χ2v) is 5.64. The Morgan fingerprint density at radius 1 is 0.690 bits per heavy atom. The van der Waals surface area contributed by atoms with Crippen molar-refractivity contribution in [1.82, 2.24) is 0 Å². The second-order valence-electron chi connectivity index (χ2n) is 5.64. The number of aromatic hydroxyl groups is 2. The van der Waals surface area contributed by atoms with Gasteiger partial charge < -0.3 is 10.2 Å². The Balaban J connectivity index is 2.63. The molecule has 0 bridgehead atoms. The van der Waals surface area contributed by atoms with Crippen LogP contribution >= 0.6 is 0 Å². The Kier molecular flexibility index (Phi) is 5.08. The Hall–Kier alpha value is -3.58. The van der Waals surface area contributed by atoms with E-state index in [9.17, 15) is 56.8 Å². The molecule has 0 amide bonds. The molecule has 29 heavy (non-hydrogen) atoms. The number of benzene rings is 2. The first kappa shape index (κ1) is 21.7. The summed E-state index contributed by atoms with van der Waals surface area (Å²) in [6, 6.07) is 0.288. The van der Waals surface area contributed by atoms with Gasteiger partial charge in [-0.15, -0.1) is 0 Å². The van der Waals surface area contributed by atoms with Crippen LogP contribution in [0.5, 0.6) is 11.5 Å². The van der Waals surface area contributed by atoms with Gasteiger partial charge in [0.25, 0.3) is 0 Å². The van der Waals surface area contributed by atoms with E-state index in [1.54, 1.807) is 0 Å². The Morgan fingerprint density at radius 3 is 1.28 bits per heavy atom. The topological polar surface area (TPSA) is 127 Å². The zero-order chi connectivity index (χ0) is 22.4. The van der Waals surface area contributed by atoms with Gasteiger partial charge in [0.15, 0.2) is 11.5 Å². The fraction of sp³-hybridized carbons (Fsp3) is 0.200. The van der Waals surface area contributed by atoms with Gasteiger partial charge in [-0.25, -0.2) is 0 Å². The van der Waals surface area contributed by atoms with E-state index in [1.165, 1.54) is 0 Å². The van der Waals surface area contributed by atoms with Crippen LogP contribution in [-0.4, -0.2) is 26.0 Å². The van der Waals surface area contributed by atoms with E-state index in [2.05, 4.69) is 0 Å². The number of nitrogens with zero attached hydrogens (tertiary/aromatic N) is 2. The monoisotopic (exact) mass is 426 g/mol. The van der Waals surface area contributed by atoms with Gasteiger partial charge in [-0.2, -0.15) is 26.3 Å². The Morgan fingerprint density at radius 2 is 1.00 bits per heavy atom. The summed E-state index contributed by atoms with van der Waals surface area (Å²) in [6.45, 7) is 0. The molecular formula is C15H8F6N2O6. The van der Waals surface area contributed by atoms with E-state index in [0.29, 0.717) is 0 Å².